The van der Waals surface area contributed by atoms with E-state index in [1.807, 2.05) is 0 Å². The number of carbonyl (C=O) groups is 1. The van der Waals surface area contributed by atoms with Gasteiger partial charge in [0.05, 0.1) is 25.4 Å². The van der Waals surface area contributed by atoms with Crippen LogP contribution < -0.4 is 0 Å². The standard InChI is InChI=1S/C10H13F6NO3/c1-5-4-20-6(3-18)2-17(5)8(19)7(9(11,12)13)10(14,15)16/h5-7,18H,2-4H2,1H3. The molecule has 0 radical (unpaired) electrons. The molecule has 0 aromatic carbocycles. The summed E-state index contributed by atoms with van der Waals surface area (Å²) in [5.41, 5.74) is 0. The number of carbonyl (C=O) groups excluding carboxylic acids is 1. The number of hydrogen-bond donors (Lipinski definition) is 1. The predicted octanol–water partition coefficient (Wildman–Crippen LogP) is 1.34. The van der Waals surface area contributed by atoms with Crippen LogP contribution >= 0.6 is 0 Å². The van der Waals surface area contributed by atoms with E-state index in [4.69, 9.17) is 9.84 Å². The summed E-state index contributed by atoms with van der Waals surface area (Å²) in [4.78, 5) is 12.1. The number of aliphatic hydroxyl groups excluding tert-OH is 1. The summed E-state index contributed by atoms with van der Waals surface area (Å²) >= 11 is 0. The monoisotopic (exact) mass is 309 g/mol. The first-order valence-electron chi connectivity index (χ1n) is 5.64. The third-order valence-corrected chi connectivity index (χ3v) is 2.89. The van der Waals surface area contributed by atoms with E-state index in [0.29, 0.717) is 4.90 Å². The van der Waals surface area contributed by atoms with E-state index in [9.17, 15) is 31.1 Å². The third kappa shape index (κ3) is 3.75. The molecule has 1 amide bonds. The molecule has 2 unspecified atom stereocenters. The quantitative estimate of drug-likeness (QED) is 0.783. The molecule has 0 aromatic heterocycles. The van der Waals surface area contributed by atoms with Gasteiger partial charge in [-0.3, -0.25) is 4.79 Å². The van der Waals surface area contributed by atoms with Crippen molar-refractivity contribution in [1.29, 1.82) is 0 Å². The number of halogens is 6. The topological polar surface area (TPSA) is 49.8 Å². The van der Waals surface area contributed by atoms with Gasteiger partial charge in [-0.1, -0.05) is 0 Å². The van der Waals surface area contributed by atoms with Crippen molar-refractivity contribution in [3.8, 4) is 0 Å². The van der Waals surface area contributed by atoms with Gasteiger partial charge in [0.1, 0.15) is 0 Å². The first-order chi connectivity index (χ1) is 8.98. The molecular weight excluding hydrogens is 296 g/mol. The lowest BCUT2D eigenvalue weighted by Crippen LogP contribution is -2.58. The number of nitrogens with zero attached hydrogens (tertiary/aromatic N) is 1. The van der Waals surface area contributed by atoms with Gasteiger partial charge in [0, 0.05) is 6.54 Å². The summed E-state index contributed by atoms with van der Waals surface area (Å²) in [5, 5.41) is 8.83. The minimum atomic E-state index is -5.72. The lowest BCUT2D eigenvalue weighted by molar-refractivity contribution is -0.279. The average molecular weight is 309 g/mol. The molecule has 4 nitrogen and oxygen atoms in total. The average Bonchev–Trinajstić information content (AvgIpc) is 2.25. The van der Waals surface area contributed by atoms with Crippen LogP contribution in [0.3, 0.4) is 0 Å². The van der Waals surface area contributed by atoms with Gasteiger partial charge >= 0.3 is 12.4 Å². The zero-order valence-corrected chi connectivity index (χ0v) is 10.3. The summed E-state index contributed by atoms with van der Waals surface area (Å²) in [5.74, 6) is -6.13. The van der Waals surface area contributed by atoms with Crippen molar-refractivity contribution in [2.24, 2.45) is 5.92 Å². The normalized spacial score (nSPS) is 25.1. The van der Waals surface area contributed by atoms with E-state index >= 15 is 0 Å². The maximum Gasteiger partial charge on any atom is 0.409 e. The lowest BCUT2D eigenvalue weighted by Gasteiger charge is -2.39. The Kier molecular flexibility index (Phi) is 4.90. The molecule has 118 valence electrons. The van der Waals surface area contributed by atoms with E-state index in [1.165, 1.54) is 6.92 Å². The molecular formula is C10H13F6NO3. The van der Waals surface area contributed by atoms with Gasteiger partial charge in [-0.15, -0.1) is 0 Å². The molecule has 1 heterocycles. The Bertz CT molecular complexity index is 342. The van der Waals surface area contributed by atoms with E-state index in [1.54, 1.807) is 0 Å². The number of morpholine rings is 1. The molecule has 0 spiro atoms. The van der Waals surface area contributed by atoms with E-state index in [2.05, 4.69) is 0 Å². The Hall–Kier alpha value is -1.03. The van der Waals surface area contributed by atoms with Crippen LogP contribution in [0.2, 0.25) is 0 Å². The van der Waals surface area contributed by atoms with Crippen molar-refractivity contribution in [1.82, 2.24) is 4.90 Å². The van der Waals surface area contributed by atoms with Gasteiger partial charge < -0.3 is 14.7 Å². The highest BCUT2D eigenvalue weighted by Gasteiger charge is 2.62. The van der Waals surface area contributed by atoms with E-state index in [-0.39, 0.29) is 6.61 Å². The minimum Gasteiger partial charge on any atom is -0.394 e. The number of alkyl halides is 6. The summed E-state index contributed by atoms with van der Waals surface area (Å²) in [6.07, 6.45) is -12.4. The van der Waals surface area contributed by atoms with Gasteiger partial charge in [0.2, 0.25) is 11.8 Å². The van der Waals surface area contributed by atoms with Crippen LogP contribution in [0.25, 0.3) is 0 Å². The van der Waals surface area contributed by atoms with Gasteiger partial charge in [-0.25, -0.2) is 0 Å². The van der Waals surface area contributed by atoms with Crippen molar-refractivity contribution in [3.63, 3.8) is 0 Å². The second kappa shape index (κ2) is 5.76. The molecule has 1 aliphatic heterocycles. The number of rotatable bonds is 2. The largest absolute Gasteiger partial charge is 0.409 e. The molecule has 20 heavy (non-hydrogen) atoms. The fourth-order valence-electron chi connectivity index (χ4n) is 1.87. The second-order valence-electron chi connectivity index (χ2n) is 4.49. The summed E-state index contributed by atoms with van der Waals surface area (Å²) in [7, 11) is 0. The Labute approximate surface area is 110 Å². The maximum absolute atomic E-state index is 12.5. The zero-order chi connectivity index (χ0) is 15.7. The first kappa shape index (κ1) is 17.0. The smallest absolute Gasteiger partial charge is 0.394 e. The second-order valence-corrected chi connectivity index (χ2v) is 4.49. The third-order valence-electron chi connectivity index (χ3n) is 2.89. The number of ether oxygens (including phenoxy) is 1. The zero-order valence-electron chi connectivity index (χ0n) is 10.3. The molecule has 0 aliphatic carbocycles. The fourth-order valence-corrected chi connectivity index (χ4v) is 1.87. The number of hydrogen-bond acceptors (Lipinski definition) is 3. The predicted molar refractivity (Wildman–Crippen MR) is 53.6 cm³/mol. The van der Waals surface area contributed by atoms with E-state index < -0.39 is 49.5 Å². The van der Waals surface area contributed by atoms with Crippen LogP contribution in [-0.2, 0) is 9.53 Å². The van der Waals surface area contributed by atoms with Gasteiger partial charge in [-0.2, -0.15) is 26.3 Å². The highest BCUT2D eigenvalue weighted by atomic mass is 19.4. The first-order valence-corrected chi connectivity index (χ1v) is 5.64. The van der Waals surface area contributed by atoms with E-state index in [0.717, 1.165) is 0 Å². The van der Waals surface area contributed by atoms with Crippen LogP contribution in [-0.4, -0.2) is 60.2 Å². The lowest BCUT2D eigenvalue weighted by atomic mass is 10.0. The molecule has 1 N–H and O–H groups in total. The molecule has 0 aromatic rings. The number of amides is 1. The Morgan fingerprint density at radius 2 is 1.80 bits per heavy atom. The van der Waals surface area contributed by atoms with Crippen LogP contribution in [0, 0.1) is 5.92 Å². The SMILES string of the molecule is CC1COC(CO)CN1C(=O)C(C(F)(F)F)C(F)(F)F. The molecule has 10 heteroatoms. The highest BCUT2D eigenvalue weighted by molar-refractivity contribution is 5.81. The summed E-state index contributed by atoms with van der Waals surface area (Å²) in [6.45, 7) is -0.0763. The fraction of sp³-hybridized carbons (Fsp3) is 0.900. The van der Waals surface area contributed by atoms with Crippen molar-refractivity contribution < 1.29 is 41.0 Å². The van der Waals surface area contributed by atoms with Crippen LogP contribution in [0.15, 0.2) is 0 Å². The Morgan fingerprint density at radius 1 is 1.30 bits per heavy atom. The van der Waals surface area contributed by atoms with Crippen molar-refractivity contribution in [2.45, 2.75) is 31.4 Å². The van der Waals surface area contributed by atoms with Gasteiger partial charge in [-0.05, 0) is 6.92 Å². The van der Waals surface area contributed by atoms with Crippen molar-refractivity contribution in [2.75, 3.05) is 19.8 Å². The molecule has 2 atom stereocenters. The summed E-state index contributed by atoms with van der Waals surface area (Å²) < 4.78 is 79.8. The van der Waals surface area contributed by atoms with Crippen molar-refractivity contribution >= 4 is 5.91 Å². The Morgan fingerprint density at radius 3 is 2.20 bits per heavy atom. The summed E-state index contributed by atoms with van der Waals surface area (Å²) in [6, 6.07) is -0.933. The minimum absolute atomic E-state index is 0.237. The van der Waals surface area contributed by atoms with Gasteiger partial charge in [0.25, 0.3) is 0 Å². The van der Waals surface area contributed by atoms with Crippen LogP contribution in [0.5, 0.6) is 0 Å². The molecule has 1 saturated heterocycles. The van der Waals surface area contributed by atoms with Crippen molar-refractivity contribution in [3.05, 3.63) is 0 Å². The highest BCUT2D eigenvalue weighted by Crippen LogP contribution is 2.40. The molecule has 1 fully saturated rings. The Balaban J connectivity index is 3.00. The van der Waals surface area contributed by atoms with Gasteiger partial charge in [0.15, 0.2) is 0 Å². The molecule has 0 saturated carbocycles. The molecule has 1 rings (SSSR count). The molecule has 0 bridgehead atoms. The molecule has 1 aliphatic rings. The van der Waals surface area contributed by atoms with Crippen LogP contribution in [0.4, 0.5) is 26.3 Å². The van der Waals surface area contributed by atoms with Crippen LogP contribution in [0.1, 0.15) is 6.92 Å². The number of aliphatic hydroxyl groups is 1. The maximum atomic E-state index is 12.5.